The normalized spacial score (nSPS) is 12.6. The Morgan fingerprint density at radius 2 is 2.00 bits per heavy atom. The number of hydrogen-bond acceptors (Lipinski definition) is 2. The number of benzene rings is 1. The molecule has 1 heterocycles. The van der Waals surface area contributed by atoms with E-state index in [0.717, 1.165) is 24.3 Å². The summed E-state index contributed by atoms with van der Waals surface area (Å²) in [7, 11) is 0. The molecule has 1 atom stereocenters. The summed E-state index contributed by atoms with van der Waals surface area (Å²) in [4.78, 5) is 4.63. The molecule has 0 aliphatic heterocycles. The van der Waals surface area contributed by atoms with Crippen molar-refractivity contribution in [3.8, 4) is 0 Å². The maximum Gasteiger partial charge on any atom is 0.126 e. The molecule has 2 nitrogen and oxygen atoms in total. The Morgan fingerprint density at radius 1 is 1.17 bits per heavy atom. The Hall–Kier alpha value is -1.57. The van der Waals surface area contributed by atoms with Crippen molar-refractivity contribution < 1.29 is 0 Å². The van der Waals surface area contributed by atoms with Crippen LogP contribution in [0.15, 0.2) is 30.3 Å². The van der Waals surface area contributed by atoms with Gasteiger partial charge < -0.3 is 5.32 Å². The van der Waals surface area contributed by atoms with Crippen LogP contribution in [0.5, 0.6) is 0 Å². The van der Waals surface area contributed by atoms with Gasteiger partial charge >= 0.3 is 0 Å². The van der Waals surface area contributed by atoms with Crippen molar-refractivity contribution in [1.82, 2.24) is 4.98 Å². The molecule has 0 aliphatic rings. The molecule has 1 aromatic carbocycles. The molecule has 96 valence electrons. The maximum atomic E-state index is 4.63. The fraction of sp³-hybridized carbons (Fsp3) is 0.438. The quantitative estimate of drug-likeness (QED) is 0.830. The van der Waals surface area contributed by atoms with Crippen LogP contribution in [0.3, 0.4) is 0 Å². The molecule has 2 aromatic rings. The number of nitrogens with zero attached hydrogens (tertiary/aromatic N) is 1. The molecule has 0 saturated carbocycles. The van der Waals surface area contributed by atoms with E-state index in [-0.39, 0.29) is 0 Å². The molecule has 0 fully saturated rings. The van der Waals surface area contributed by atoms with E-state index in [1.165, 1.54) is 17.4 Å². The van der Waals surface area contributed by atoms with Gasteiger partial charge in [0, 0.05) is 11.9 Å². The molecule has 2 rings (SSSR count). The second kappa shape index (κ2) is 5.85. The molecule has 2 heteroatoms. The van der Waals surface area contributed by atoms with Gasteiger partial charge in [0.05, 0.1) is 5.52 Å². The first-order valence-electron chi connectivity index (χ1n) is 6.89. The average Bonchev–Trinajstić information content (AvgIpc) is 2.43. The lowest BCUT2D eigenvalue weighted by atomic mass is 9.97. The molecule has 1 aromatic heterocycles. The summed E-state index contributed by atoms with van der Waals surface area (Å²) in [5.41, 5.74) is 2.48. The van der Waals surface area contributed by atoms with Crippen molar-refractivity contribution in [3.05, 3.63) is 35.9 Å². The van der Waals surface area contributed by atoms with Crippen molar-refractivity contribution in [2.75, 3.05) is 11.9 Å². The van der Waals surface area contributed by atoms with E-state index in [4.69, 9.17) is 0 Å². The van der Waals surface area contributed by atoms with Crippen molar-refractivity contribution in [2.45, 2.75) is 39.5 Å². The van der Waals surface area contributed by atoms with E-state index in [0.29, 0.717) is 5.92 Å². The van der Waals surface area contributed by atoms with Crippen LogP contribution in [0.25, 0.3) is 10.9 Å². The molecule has 18 heavy (non-hydrogen) atoms. The van der Waals surface area contributed by atoms with Crippen molar-refractivity contribution >= 4 is 16.7 Å². The summed E-state index contributed by atoms with van der Waals surface area (Å²) in [6.07, 6.45) is 2.29. The molecule has 0 amide bonds. The number of nitrogens with one attached hydrogen (secondary N) is 1. The van der Waals surface area contributed by atoms with Crippen molar-refractivity contribution in [3.63, 3.8) is 0 Å². The summed E-state index contributed by atoms with van der Waals surface area (Å²) < 4.78 is 0. The van der Waals surface area contributed by atoms with Crippen LogP contribution in [0, 0.1) is 0 Å². The van der Waals surface area contributed by atoms with E-state index in [1.807, 2.05) is 0 Å². The van der Waals surface area contributed by atoms with Gasteiger partial charge in [0.15, 0.2) is 0 Å². The highest BCUT2D eigenvalue weighted by Crippen LogP contribution is 2.23. The van der Waals surface area contributed by atoms with Gasteiger partial charge in [-0.1, -0.05) is 26.8 Å². The van der Waals surface area contributed by atoms with E-state index < -0.39 is 0 Å². The molecular formula is C16H22N2. The van der Waals surface area contributed by atoms with Gasteiger partial charge in [-0.2, -0.15) is 0 Å². The second-order valence-electron chi connectivity index (χ2n) is 4.88. The lowest BCUT2D eigenvalue weighted by Gasteiger charge is -2.10. The van der Waals surface area contributed by atoms with E-state index in [2.05, 4.69) is 61.4 Å². The topological polar surface area (TPSA) is 24.9 Å². The van der Waals surface area contributed by atoms with Crippen molar-refractivity contribution in [2.24, 2.45) is 0 Å². The Morgan fingerprint density at radius 3 is 2.72 bits per heavy atom. The summed E-state index contributed by atoms with van der Waals surface area (Å²) in [5, 5.41) is 4.56. The minimum atomic E-state index is 0.618. The van der Waals surface area contributed by atoms with Gasteiger partial charge in [-0.15, -0.1) is 0 Å². The molecule has 1 N–H and O–H groups in total. The Balaban J connectivity index is 2.30. The SMILES string of the molecule is CCCNc1ccc2cc(C(C)CC)ccc2n1. The third kappa shape index (κ3) is 2.81. The molecule has 0 bridgehead atoms. The Bertz CT molecular complexity index is 519. The monoisotopic (exact) mass is 242 g/mol. The molecule has 0 aliphatic carbocycles. The fourth-order valence-corrected chi connectivity index (χ4v) is 2.04. The van der Waals surface area contributed by atoms with Crippen LogP contribution in [-0.4, -0.2) is 11.5 Å². The Kier molecular flexibility index (Phi) is 4.19. The number of hydrogen-bond donors (Lipinski definition) is 1. The third-order valence-corrected chi connectivity index (χ3v) is 3.45. The van der Waals surface area contributed by atoms with Gasteiger partial charge in [-0.05, 0) is 48.6 Å². The highest BCUT2D eigenvalue weighted by atomic mass is 15.0. The molecule has 1 unspecified atom stereocenters. The minimum absolute atomic E-state index is 0.618. The zero-order valence-corrected chi connectivity index (χ0v) is 11.5. The summed E-state index contributed by atoms with van der Waals surface area (Å²) in [5.74, 6) is 1.59. The summed E-state index contributed by atoms with van der Waals surface area (Å²) >= 11 is 0. The van der Waals surface area contributed by atoms with Crippen LogP contribution in [0.4, 0.5) is 5.82 Å². The number of pyridine rings is 1. The highest BCUT2D eigenvalue weighted by molar-refractivity contribution is 5.81. The van der Waals surface area contributed by atoms with Gasteiger partial charge in [0.1, 0.15) is 5.82 Å². The van der Waals surface area contributed by atoms with Crippen LogP contribution >= 0.6 is 0 Å². The predicted molar refractivity (Wildman–Crippen MR) is 79.2 cm³/mol. The minimum Gasteiger partial charge on any atom is -0.370 e. The third-order valence-electron chi connectivity index (χ3n) is 3.45. The van der Waals surface area contributed by atoms with E-state index in [1.54, 1.807) is 0 Å². The molecule has 0 spiro atoms. The van der Waals surface area contributed by atoms with Crippen molar-refractivity contribution in [1.29, 1.82) is 0 Å². The maximum absolute atomic E-state index is 4.63. The lowest BCUT2D eigenvalue weighted by Crippen LogP contribution is -2.01. The Labute approximate surface area is 109 Å². The van der Waals surface area contributed by atoms with Gasteiger partial charge in [0.25, 0.3) is 0 Å². The average molecular weight is 242 g/mol. The zero-order chi connectivity index (χ0) is 13.0. The van der Waals surface area contributed by atoms with Crippen LogP contribution < -0.4 is 5.32 Å². The first-order chi connectivity index (χ1) is 8.74. The largest absolute Gasteiger partial charge is 0.370 e. The summed E-state index contributed by atoms with van der Waals surface area (Å²) in [6, 6.07) is 10.8. The summed E-state index contributed by atoms with van der Waals surface area (Å²) in [6.45, 7) is 7.63. The van der Waals surface area contributed by atoms with Gasteiger partial charge in [-0.3, -0.25) is 0 Å². The highest BCUT2D eigenvalue weighted by Gasteiger charge is 2.04. The second-order valence-corrected chi connectivity index (χ2v) is 4.88. The molecular weight excluding hydrogens is 220 g/mol. The number of fused-ring (bicyclic) bond motifs is 1. The molecule has 0 saturated heterocycles. The first-order valence-corrected chi connectivity index (χ1v) is 6.89. The lowest BCUT2D eigenvalue weighted by molar-refractivity contribution is 0.734. The van der Waals surface area contributed by atoms with E-state index in [9.17, 15) is 0 Å². The predicted octanol–water partition coefficient (Wildman–Crippen LogP) is 4.57. The van der Waals surface area contributed by atoms with Gasteiger partial charge in [0.2, 0.25) is 0 Å². The molecule has 0 radical (unpaired) electrons. The van der Waals surface area contributed by atoms with Gasteiger partial charge in [-0.25, -0.2) is 4.98 Å². The standard InChI is InChI=1S/C16H22N2/c1-4-10-17-16-9-7-14-11-13(12(3)5-2)6-8-15(14)18-16/h6-9,11-12H,4-5,10H2,1-3H3,(H,17,18). The number of rotatable bonds is 5. The number of aromatic nitrogens is 1. The van der Waals surface area contributed by atoms with E-state index >= 15 is 0 Å². The first kappa shape index (κ1) is 12.9. The fourth-order valence-electron chi connectivity index (χ4n) is 2.04. The van der Waals surface area contributed by atoms with Crippen LogP contribution in [0.2, 0.25) is 0 Å². The smallest absolute Gasteiger partial charge is 0.126 e. The zero-order valence-electron chi connectivity index (χ0n) is 11.5. The van der Waals surface area contributed by atoms with Crippen LogP contribution in [-0.2, 0) is 0 Å². The number of anilines is 1. The van der Waals surface area contributed by atoms with Crippen LogP contribution in [0.1, 0.15) is 45.1 Å².